The van der Waals surface area contributed by atoms with Crippen LogP contribution in [0.25, 0.3) is 11.4 Å². The first-order valence-electron chi connectivity index (χ1n) is 12.3. The van der Waals surface area contributed by atoms with Gasteiger partial charge in [0.25, 0.3) is 0 Å². The molecule has 1 aliphatic heterocycles. The van der Waals surface area contributed by atoms with Crippen LogP contribution in [-0.2, 0) is 13.0 Å². The third-order valence-corrected chi connectivity index (χ3v) is 6.35. The van der Waals surface area contributed by atoms with Crippen molar-refractivity contribution < 1.29 is 0 Å². The van der Waals surface area contributed by atoms with Gasteiger partial charge in [0.2, 0.25) is 5.82 Å². The summed E-state index contributed by atoms with van der Waals surface area (Å²) in [5.41, 5.74) is 6.04. The summed E-state index contributed by atoms with van der Waals surface area (Å²) in [6.45, 7) is 10.2. The summed E-state index contributed by atoms with van der Waals surface area (Å²) in [5.74, 6) is 1.08. The van der Waals surface area contributed by atoms with Gasteiger partial charge in [0.15, 0.2) is 0 Å². The van der Waals surface area contributed by atoms with Crippen molar-refractivity contribution in [1.82, 2.24) is 45.9 Å². The largest absolute Gasteiger partial charge is 0.368 e. The number of aromatic nitrogens is 8. The highest BCUT2D eigenvalue weighted by Crippen LogP contribution is 2.39. The fraction of sp³-hybridized carbons (Fsp3) is 0.400. The zero-order valence-electron chi connectivity index (χ0n) is 20.8. The third-order valence-electron chi connectivity index (χ3n) is 6.35. The van der Waals surface area contributed by atoms with E-state index in [9.17, 15) is 0 Å². The molecule has 1 saturated heterocycles. The summed E-state index contributed by atoms with van der Waals surface area (Å²) in [7, 11) is 0. The van der Waals surface area contributed by atoms with Crippen LogP contribution in [0.1, 0.15) is 32.0 Å². The number of hydrogen-bond acceptors (Lipinski definition) is 10. The SMILES string of the molecule is CC(C)Cc1cc(Nc2ccnnc2)c(-c2nn[nH]n2)c(N2CCN(Cc3cccnn3)[C@@H](C)C2)c1. The number of aromatic amines is 1. The summed E-state index contributed by atoms with van der Waals surface area (Å²) in [5, 5.41) is 34.9. The molecule has 0 radical (unpaired) electrons. The lowest BCUT2D eigenvalue weighted by Gasteiger charge is -2.41. The van der Waals surface area contributed by atoms with E-state index in [0.717, 1.165) is 60.9 Å². The molecule has 186 valence electrons. The van der Waals surface area contributed by atoms with Crippen molar-refractivity contribution in [3.05, 3.63) is 60.2 Å². The van der Waals surface area contributed by atoms with Gasteiger partial charge in [0.1, 0.15) is 0 Å². The van der Waals surface area contributed by atoms with E-state index in [1.807, 2.05) is 18.2 Å². The number of nitrogens with zero attached hydrogens (tertiary/aromatic N) is 9. The predicted octanol–water partition coefficient (Wildman–Crippen LogP) is 3.10. The Morgan fingerprint density at radius 1 is 1.08 bits per heavy atom. The van der Waals surface area contributed by atoms with Crippen LogP contribution in [0, 0.1) is 5.92 Å². The quantitative estimate of drug-likeness (QED) is 0.385. The van der Waals surface area contributed by atoms with Crippen LogP contribution in [-0.4, -0.2) is 71.6 Å². The van der Waals surface area contributed by atoms with Gasteiger partial charge in [-0.15, -0.1) is 10.2 Å². The van der Waals surface area contributed by atoms with E-state index in [1.54, 1.807) is 18.6 Å². The first-order valence-corrected chi connectivity index (χ1v) is 12.3. The van der Waals surface area contributed by atoms with E-state index in [1.165, 1.54) is 5.56 Å². The van der Waals surface area contributed by atoms with E-state index in [2.05, 4.69) is 89.0 Å². The Labute approximate surface area is 210 Å². The van der Waals surface area contributed by atoms with E-state index < -0.39 is 0 Å². The van der Waals surface area contributed by atoms with Crippen molar-refractivity contribution in [2.24, 2.45) is 5.92 Å². The molecule has 0 aliphatic carbocycles. The molecule has 4 aromatic rings. The molecule has 0 spiro atoms. The molecule has 36 heavy (non-hydrogen) atoms. The van der Waals surface area contributed by atoms with Crippen LogP contribution in [0.2, 0.25) is 0 Å². The van der Waals surface area contributed by atoms with Crippen molar-refractivity contribution in [1.29, 1.82) is 0 Å². The fourth-order valence-corrected chi connectivity index (χ4v) is 4.72. The lowest BCUT2D eigenvalue weighted by molar-refractivity contribution is 0.178. The highest BCUT2D eigenvalue weighted by atomic mass is 15.5. The normalized spacial score (nSPS) is 16.4. The monoisotopic (exact) mass is 485 g/mol. The number of anilines is 3. The molecule has 1 atom stereocenters. The summed E-state index contributed by atoms with van der Waals surface area (Å²) >= 11 is 0. The number of tetrazole rings is 1. The van der Waals surface area contributed by atoms with Crippen LogP contribution in [0.3, 0.4) is 0 Å². The van der Waals surface area contributed by atoms with Gasteiger partial charge < -0.3 is 10.2 Å². The number of H-pyrrole nitrogens is 1. The summed E-state index contributed by atoms with van der Waals surface area (Å²) in [6.07, 6.45) is 6.06. The maximum absolute atomic E-state index is 4.36. The smallest absolute Gasteiger partial charge is 0.208 e. The van der Waals surface area contributed by atoms with Crippen LogP contribution >= 0.6 is 0 Å². The minimum atomic E-state index is 0.327. The highest BCUT2D eigenvalue weighted by Gasteiger charge is 2.28. The number of benzene rings is 1. The van der Waals surface area contributed by atoms with Gasteiger partial charge in [-0.05, 0) is 60.4 Å². The Morgan fingerprint density at radius 3 is 2.69 bits per heavy atom. The first-order chi connectivity index (χ1) is 17.6. The third kappa shape index (κ3) is 5.46. The van der Waals surface area contributed by atoms with E-state index in [-0.39, 0.29) is 0 Å². The standard InChI is InChI=1S/C25H31N11/c1-17(2)11-19-12-22(29-20-6-8-26-28-14-20)24(25-31-33-34-32-25)23(13-19)36-10-9-35(18(3)15-36)16-21-5-4-7-27-30-21/h4-8,12-14,17-18H,9-11,15-16H2,1-3H3,(H,26,29)(H,31,32,33,34)/t18-/m0/s1. The van der Waals surface area contributed by atoms with Gasteiger partial charge in [-0.25, -0.2) is 0 Å². The molecule has 0 saturated carbocycles. The number of piperazine rings is 1. The lowest BCUT2D eigenvalue weighted by Crippen LogP contribution is -2.51. The van der Waals surface area contributed by atoms with Gasteiger partial charge >= 0.3 is 0 Å². The minimum absolute atomic E-state index is 0.327. The van der Waals surface area contributed by atoms with Crippen LogP contribution in [0.4, 0.5) is 17.1 Å². The van der Waals surface area contributed by atoms with Crippen molar-refractivity contribution in [2.45, 2.75) is 39.8 Å². The van der Waals surface area contributed by atoms with Gasteiger partial charge in [-0.2, -0.15) is 25.6 Å². The van der Waals surface area contributed by atoms with Crippen LogP contribution in [0.15, 0.2) is 48.9 Å². The van der Waals surface area contributed by atoms with Gasteiger partial charge in [0, 0.05) is 38.4 Å². The molecule has 3 aromatic heterocycles. The van der Waals surface area contributed by atoms with Crippen molar-refractivity contribution >= 4 is 17.1 Å². The maximum atomic E-state index is 4.36. The Morgan fingerprint density at radius 2 is 2.00 bits per heavy atom. The minimum Gasteiger partial charge on any atom is -0.368 e. The Bertz CT molecular complexity index is 1250. The first kappa shape index (κ1) is 23.7. The fourth-order valence-electron chi connectivity index (χ4n) is 4.72. The molecule has 1 aliphatic rings. The highest BCUT2D eigenvalue weighted by molar-refractivity contribution is 5.89. The molecule has 5 rings (SSSR count). The van der Waals surface area contributed by atoms with E-state index in [0.29, 0.717) is 17.8 Å². The van der Waals surface area contributed by atoms with Crippen molar-refractivity contribution in [3.63, 3.8) is 0 Å². The second-order valence-electron chi connectivity index (χ2n) is 9.61. The average Bonchev–Trinajstić information content (AvgIpc) is 3.40. The summed E-state index contributed by atoms with van der Waals surface area (Å²) < 4.78 is 0. The number of hydrogen-bond donors (Lipinski definition) is 2. The van der Waals surface area contributed by atoms with E-state index in [4.69, 9.17) is 0 Å². The molecular weight excluding hydrogens is 454 g/mol. The second-order valence-corrected chi connectivity index (χ2v) is 9.61. The topological polar surface area (TPSA) is 125 Å². The molecule has 0 unspecified atom stereocenters. The molecule has 1 fully saturated rings. The summed E-state index contributed by atoms with van der Waals surface area (Å²) in [4.78, 5) is 4.89. The van der Waals surface area contributed by atoms with Gasteiger partial charge in [-0.3, -0.25) is 4.90 Å². The Hall–Kier alpha value is -3.99. The lowest BCUT2D eigenvalue weighted by atomic mass is 9.97. The van der Waals surface area contributed by atoms with Gasteiger partial charge in [0.05, 0.1) is 40.7 Å². The number of nitrogens with one attached hydrogen (secondary N) is 2. The molecule has 1 aromatic carbocycles. The Kier molecular flexibility index (Phi) is 7.08. The van der Waals surface area contributed by atoms with Crippen LogP contribution in [0.5, 0.6) is 0 Å². The predicted molar refractivity (Wildman–Crippen MR) is 138 cm³/mol. The van der Waals surface area contributed by atoms with Crippen LogP contribution < -0.4 is 10.2 Å². The number of rotatable bonds is 8. The van der Waals surface area contributed by atoms with Gasteiger partial charge in [-0.1, -0.05) is 13.8 Å². The zero-order valence-corrected chi connectivity index (χ0v) is 20.8. The zero-order chi connectivity index (χ0) is 24.9. The van der Waals surface area contributed by atoms with Crippen molar-refractivity contribution in [3.8, 4) is 11.4 Å². The molecule has 11 nitrogen and oxygen atoms in total. The second kappa shape index (κ2) is 10.7. The molecule has 0 amide bonds. The molecular formula is C25H31N11. The molecule has 2 N–H and O–H groups in total. The summed E-state index contributed by atoms with van der Waals surface area (Å²) in [6, 6.07) is 10.7. The molecule has 4 heterocycles. The Balaban J connectivity index is 1.50. The van der Waals surface area contributed by atoms with Crippen molar-refractivity contribution in [2.75, 3.05) is 29.9 Å². The van der Waals surface area contributed by atoms with E-state index >= 15 is 0 Å². The molecule has 11 heteroatoms. The maximum Gasteiger partial charge on any atom is 0.208 e. The average molecular weight is 486 g/mol. The molecule has 0 bridgehead atoms.